The van der Waals surface area contributed by atoms with Crippen LogP contribution in [0, 0.1) is 0 Å². The van der Waals surface area contributed by atoms with E-state index in [0.717, 1.165) is 25.7 Å². The van der Waals surface area contributed by atoms with E-state index in [0.29, 0.717) is 0 Å². The first-order valence-electron chi connectivity index (χ1n) is 6.70. The Kier molecular flexibility index (Phi) is 7.00. The number of carbonyl (C=O) groups is 3. The number of hydrogen-bond donors (Lipinski definition) is 1. The monoisotopic (exact) mass is 286 g/mol. The highest BCUT2D eigenvalue weighted by molar-refractivity contribution is 5.81. The van der Waals surface area contributed by atoms with Crippen molar-refractivity contribution in [2.24, 2.45) is 0 Å². The quantitative estimate of drug-likeness (QED) is 0.646. The number of nitrogens with zero attached hydrogens (tertiary/aromatic N) is 1. The SMILES string of the molecule is COC(=O)CN(CC(=O)NC1CCCC1)CC(=O)OC. The summed E-state index contributed by atoms with van der Waals surface area (Å²) in [4.78, 5) is 35.8. The van der Waals surface area contributed by atoms with Crippen molar-refractivity contribution in [1.82, 2.24) is 10.2 Å². The van der Waals surface area contributed by atoms with Gasteiger partial charge in [0, 0.05) is 6.04 Å². The normalized spacial score (nSPS) is 15.2. The smallest absolute Gasteiger partial charge is 0.319 e. The topological polar surface area (TPSA) is 84.9 Å². The van der Waals surface area contributed by atoms with Gasteiger partial charge in [0.05, 0.1) is 33.9 Å². The fourth-order valence-corrected chi connectivity index (χ4v) is 2.21. The second kappa shape index (κ2) is 8.52. The fourth-order valence-electron chi connectivity index (χ4n) is 2.21. The molecule has 1 aliphatic carbocycles. The van der Waals surface area contributed by atoms with Crippen LogP contribution in [-0.2, 0) is 23.9 Å². The summed E-state index contributed by atoms with van der Waals surface area (Å²) in [7, 11) is 2.52. The summed E-state index contributed by atoms with van der Waals surface area (Å²) in [6, 6.07) is 0.209. The van der Waals surface area contributed by atoms with E-state index in [2.05, 4.69) is 14.8 Å². The van der Waals surface area contributed by atoms with Crippen LogP contribution in [0.4, 0.5) is 0 Å². The summed E-state index contributed by atoms with van der Waals surface area (Å²) in [5.74, 6) is -1.19. The molecule has 1 amide bonds. The van der Waals surface area contributed by atoms with Gasteiger partial charge in [-0.3, -0.25) is 19.3 Å². The van der Waals surface area contributed by atoms with Crippen LogP contribution in [0.25, 0.3) is 0 Å². The van der Waals surface area contributed by atoms with Crippen LogP contribution in [0.3, 0.4) is 0 Å². The molecule has 7 heteroatoms. The predicted octanol–water partition coefficient (Wildman–Crippen LogP) is -0.307. The molecular formula is C13H22N2O5. The van der Waals surface area contributed by atoms with Gasteiger partial charge in [0.2, 0.25) is 5.91 Å². The lowest BCUT2D eigenvalue weighted by molar-refractivity contribution is -0.146. The molecule has 1 rings (SSSR count). The molecule has 114 valence electrons. The standard InChI is InChI=1S/C13H22N2O5/c1-19-12(17)8-15(9-13(18)20-2)7-11(16)14-10-5-3-4-6-10/h10H,3-9H2,1-2H3,(H,14,16). The molecule has 0 aromatic rings. The van der Waals surface area contributed by atoms with E-state index in [4.69, 9.17) is 0 Å². The van der Waals surface area contributed by atoms with Crippen molar-refractivity contribution in [3.63, 3.8) is 0 Å². The molecule has 20 heavy (non-hydrogen) atoms. The average Bonchev–Trinajstić information content (AvgIpc) is 2.90. The van der Waals surface area contributed by atoms with Crippen LogP contribution in [-0.4, -0.2) is 62.6 Å². The van der Waals surface area contributed by atoms with E-state index < -0.39 is 11.9 Å². The lowest BCUT2D eigenvalue weighted by Crippen LogP contribution is -2.44. The van der Waals surface area contributed by atoms with Crippen molar-refractivity contribution in [3.05, 3.63) is 0 Å². The summed E-state index contributed by atoms with van der Waals surface area (Å²) in [6.07, 6.45) is 4.22. The molecule has 0 radical (unpaired) electrons. The van der Waals surface area contributed by atoms with E-state index in [9.17, 15) is 14.4 Å². The van der Waals surface area contributed by atoms with Crippen molar-refractivity contribution >= 4 is 17.8 Å². The Morgan fingerprint density at radius 1 is 1.00 bits per heavy atom. The maximum atomic E-state index is 11.9. The zero-order valence-electron chi connectivity index (χ0n) is 12.0. The Labute approximate surface area is 118 Å². The number of rotatable bonds is 7. The molecule has 0 spiro atoms. The second-order valence-corrected chi connectivity index (χ2v) is 4.85. The highest BCUT2D eigenvalue weighted by Crippen LogP contribution is 2.17. The lowest BCUT2D eigenvalue weighted by atomic mass is 10.2. The van der Waals surface area contributed by atoms with Crippen molar-refractivity contribution in [3.8, 4) is 0 Å². The summed E-state index contributed by atoms with van der Waals surface area (Å²) in [5.41, 5.74) is 0. The molecule has 7 nitrogen and oxygen atoms in total. The van der Waals surface area contributed by atoms with Crippen LogP contribution in [0.2, 0.25) is 0 Å². The Hall–Kier alpha value is -1.63. The summed E-state index contributed by atoms with van der Waals surface area (Å²) in [6.45, 7) is -0.270. The molecule has 0 atom stereocenters. The highest BCUT2D eigenvalue weighted by Gasteiger charge is 2.21. The van der Waals surface area contributed by atoms with Crippen LogP contribution >= 0.6 is 0 Å². The van der Waals surface area contributed by atoms with E-state index in [-0.39, 0.29) is 31.6 Å². The minimum Gasteiger partial charge on any atom is -0.468 e. The molecular weight excluding hydrogens is 264 g/mol. The molecule has 1 fully saturated rings. The molecule has 0 aromatic heterocycles. The summed E-state index contributed by atoms with van der Waals surface area (Å²) >= 11 is 0. The van der Waals surface area contributed by atoms with Crippen LogP contribution in [0.5, 0.6) is 0 Å². The highest BCUT2D eigenvalue weighted by atomic mass is 16.5. The van der Waals surface area contributed by atoms with E-state index in [1.54, 1.807) is 0 Å². The zero-order chi connectivity index (χ0) is 15.0. The van der Waals surface area contributed by atoms with Crippen LogP contribution < -0.4 is 5.32 Å². The van der Waals surface area contributed by atoms with Gasteiger partial charge in [-0.05, 0) is 12.8 Å². The zero-order valence-corrected chi connectivity index (χ0v) is 12.0. The Morgan fingerprint density at radius 3 is 1.95 bits per heavy atom. The molecule has 1 saturated carbocycles. The molecule has 1 aliphatic rings. The number of carbonyl (C=O) groups excluding carboxylic acids is 3. The van der Waals surface area contributed by atoms with Crippen molar-refractivity contribution < 1.29 is 23.9 Å². The molecule has 1 N–H and O–H groups in total. The molecule has 0 aromatic carbocycles. The molecule has 0 aliphatic heterocycles. The molecule has 0 bridgehead atoms. The number of nitrogens with one attached hydrogen (secondary N) is 1. The largest absolute Gasteiger partial charge is 0.468 e. The van der Waals surface area contributed by atoms with Gasteiger partial charge in [-0.25, -0.2) is 0 Å². The lowest BCUT2D eigenvalue weighted by Gasteiger charge is -2.20. The van der Waals surface area contributed by atoms with E-state index in [1.807, 2.05) is 0 Å². The van der Waals surface area contributed by atoms with Gasteiger partial charge in [0.25, 0.3) is 0 Å². The van der Waals surface area contributed by atoms with E-state index in [1.165, 1.54) is 19.1 Å². The Morgan fingerprint density at radius 2 is 1.50 bits per heavy atom. The summed E-state index contributed by atoms with van der Waals surface area (Å²) < 4.78 is 9.09. The minimum atomic E-state index is -0.498. The third-order valence-electron chi connectivity index (χ3n) is 3.25. The van der Waals surface area contributed by atoms with Crippen LogP contribution in [0.15, 0.2) is 0 Å². The predicted molar refractivity (Wildman–Crippen MR) is 70.9 cm³/mol. The van der Waals surface area contributed by atoms with Gasteiger partial charge in [0.1, 0.15) is 0 Å². The number of methoxy groups -OCH3 is 2. The average molecular weight is 286 g/mol. The molecule has 0 saturated heterocycles. The fraction of sp³-hybridized carbons (Fsp3) is 0.769. The van der Waals surface area contributed by atoms with Crippen molar-refractivity contribution in [2.75, 3.05) is 33.9 Å². The summed E-state index contributed by atoms with van der Waals surface area (Å²) in [5, 5.41) is 2.91. The van der Waals surface area contributed by atoms with Gasteiger partial charge in [0.15, 0.2) is 0 Å². The molecule has 0 heterocycles. The first-order valence-corrected chi connectivity index (χ1v) is 6.70. The number of ether oxygens (including phenoxy) is 2. The number of esters is 2. The maximum absolute atomic E-state index is 11.9. The Bertz CT molecular complexity index is 335. The first kappa shape index (κ1) is 16.4. The maximum Gasteiger partial charge on any atom is 0.319 e. The third-order valence-corrected chi connectivity index (χ3v) is 3.25. The molecule has 0 unspecified atom stereocenters. The number of amides is 1. The second-order valence-electron chi connectivity index (χ2n) is 4.85. The van der Waals surface area contributed by atoms with Gasteiger partial charge < -0.3 is 14.8 Å². The van der Waals surface area contributed by atoms with Gasteiger partial charge in [-0.15, -0.1) is 0 Å². The van der Waals surface area contributed by atoms with E-state index >= 15 is 0 Å². The minimum absolute atomic E-state index is 0.0271. The number of hydrogen-bond acceptors (Lipinski definition) is 6. The van der Waals surface area contributed by atoms with Crippen molar-refractivity contribution in [2.45, 2.75) is 31.7 Å². The van der Waals surface area contributed by atoms with Gasteiger partial charge >= 0.3 is 11.9 Å². The van der Waals surface area contributed by atoms with Crippen molar-refractivity contribution in [1.29, 1.82) is 0 Å². The third kappa shape index (κ3) is 6.01. The van der Waals surface area contributed by atoms with Gasteiger partial charge in [-0.2, -0.15) is 0 Å². The van der Waals surface area contributed by atoms with Crippen LogP contribution in [0.1, 0.15) is 25.7 Å². The van der Waals surface area contributed by atoms with Gasteiger partial charge in [-0.1, -0.05) is 12.8 Å². The Balaban J connectivity index is 2.46. The first-order chi connectivity index (χ1) is 9.55.